The van der Waals surface area contributed by atoms with Crippen LogP contribution in [0.25, 0.3) is 0 Å². The molecule has 3 N–H and O–H groups in total. The molecule has 0 bridgehead atoms. The Morgan fingerprint density at radius 1 is 1.19 bits per heavy atom. The van der Waals surface area contributed by atoms with E-state index in [1.807, 2.05) is 43.0 Å². The molecule has 1 aliphatic heterocycles. The van der Waals surface area contributed by atoms with Gasteiger partial charge in [0.1, 0.15) is 5.76 Å². The number of halogens is 1. The van der Waals surface area contributed by atoms with Crippen molar-refractivity contribution in [3.63, 3.8) is 0 Å². The second-order valence-electron chi connectivity index (χ2n) is 7.48. The van der Waals surface area contributed by atoms with E-state index in [2.05, 4.69) is 20.9 Å². The summed E-state index contributed by atoms with van der Waals surface area (Å²) in [6.07, 6.45) is 3.02. The lowest BCUT2D eigenvalue weighted by molar-refractivity contribution is -0.129. The van der Waals surface area contributed by atoms with Crippen LogP contribution in [-0.4, -0.2) is 48.3 Å². The molecule has 32 heavy (non-hydrogen) atoms. The molecule has 1 aliphatic rings. The lowest BCUT2D eigenvalue weighted by atomic mass is 10.1. The van der Waals surface area contributed by atoms with Gasteiger partial charge >= 0.3 is 0 Å². The second kappa shape index (κ2) is 13.1. The fourth-order valence-corrected chi connectivity index (χ4v) is 3.51. The van der Waals surface area contributed by atoms with Gasteiger partial charge in [-0.25, -0.2) is 4.99 Å². The molecule has 174 valence electrons. The van der Waals surface area contributed by atoms with Crippen molar-refractivity contribution < 1.29 is 14.0 Å². The van der Waals surface area contributed by atoms with E-state index >= 15 is 0 Å². The predicted molar refractivity (Wildman–Crippen MR) is 135 cm³/mol. The first-order valence-corrected chi connectivity index (χ1v) is 10.8. The van der Waals surface area contributed by atoms with Gasteiger partial charge in [0.05, 0.1) is 19.4 Å². The fourth-order valence-electron chi connectivity index (χ4n) is 3.51. The van der Waals surface area contributed by atoms with Crippen molar-refractivity contribution in [2.75, 3.05) is 19.6 Å². The smallest absolute Gasteiger partial charge is 0.251 e. The molecule has 9 heteroatoms. The van der Waals surface area contributed by atoms with Crippen molar-refractivity contribution in [1.82, 2.24) is 20.9 Å². The number of carbonyl (C=O) groups is 2. The Kier molecular flexibility index (Phi) is 10.5. The first kappa shape index (κ1) is 25.7. The zero-order valence-corrected chi connectivity index (χ0v) is 20.9. The average molecular weight is 553 g/mol. The highest BCUT2D eigenvalue weighted by atomic mass is 127. The second-order valence-corrected chi connectivity index (χ2v) is 7.48. The molecule has 1 fully saturated rings. The van der Waals surface area contributed by atoms with Crippen LogP contribution < -0.4 is 16.0 Å². The molecule has 1 saturated heterocycles. The van der Waals surface area contributed by atoms with Gasteiger partial charge in [-0.3, -0.25) is 9.59 Å². The topological polar surface area (TPSA) is 99.0 Å². The Balaban J connectivity index is 0.00000363. The number of amides is 2. The van der Waals surface area contributed by atoms with E-state index in [1.165, 1.54) is 0 Å². The van der Waals surface area contributed by atoms with Crippen LogP contribution in [0.15, 0.2) is 52.1 Å². The Morgan fingerprint density at radius 3 is 2.75 bits per heavy atom. The molecule has 0 saturated carbocycles. The van der Waals surface area contributed by atoms with Crippen molar-refractivity contribution in [3.05, 3.63) is 59.5 Å². The number of likely N-dealkylation sites (tertiary alicyclic amines) is 1. The third-order valence-corrected chi connectivity index (χ3v) is 5.14. The third kappa shape index (κ3) is 7.54. The van der Waals surface area contributed by atoms with Crippen LogP contribution in [0.4, 0.5) is 0 Å². The summed E-state index contributed by atoms with van der Waals surface area (Å²) < 4.78 is 5.24. The normalized spacial score (nSPS) is 15.8. The van der Waals surface area contributed by atoms with Gasteiger partial charge in [0, 0.05) is 37.7 Å². The lowest BCUT2D eigenvalue weighted by Gasteiger charge is -2.18. The van der Waals surface area contributed by atoms with Crippen LogP contribution in [0.5, 0.6) is 0 Å². The number of rotatable bonds is 8. The van der Waals surface area contributed by atoms with Crippen molar-refractivity contribution in [1.29, 1.82) is 0 Å². The van der Waals surface area contributed by atoms with Gasteiger partial charge in [-0.05, 0) is 43.2 Å². The molecule has 3 rings (SSSR count). The standard InChI is InChI=1S/C23H31N5O3.HI/c1-3-21(29)28-11-10-19(16-28)27-23(24-4-2)26-14-17-7-5-8-18(13-17)22(30)25-15-20-9-6-12-31-20;/h5-9,12-13,19H,3-4,10-11,14-16H2,1-2H3,(H,25,30)(H2,24,26,27);1H. The summed E-state index contributed by atoms with van der Waals surface area (Å²) in [6.45, 7) is 6.91. The maximum atomic E-state index is 12.4. The number of aliphatic imine (C=N–C) groups is 1. The Hall–Kier alpha value is -2.56. The van der Waals surface area contributed by atoms with Crippen LogP contribution in [0.1, 0.15) is 48.4 Å². The van der Waals surface area contributed by atoms with Crippen LogP contribution in [0, 0.1) is 0 Å². The quantitative estimate of drug-likeness (QED) is 0.265. The Morgan fingerprint density at radius 2 is 2.03 bits per heavy atom. The summed E-state index contributed by atoms with van der Waals surface area (Å²) >= 11 is 0. The molecular formula is C23H32IN5O3. The predicted octanol–water partition coefficient (Wildman–Crippen LogP) is 2.89. The van der Waals surface area contributed by atoms with Gasteiger partial charge in [-0.15, -0.1) is 24.0 Å². The first-order chi connectivity index (χ1) is 15.1. The summed E-state index contributed by atoms with van der Waals surface area (Å²) in [5.41, 5.74) is 1.53. The van der Waals surface area contributed by atoms with E-state index in [0.29, 0.717) is 43.3 Å². The number of benzene rings is 1. The lowest BCUT2D eigenvalue weighted by Crippen LogP contribution is -2.45. The minimum Gasteiger partial charge on any atom is -0.467 e. The number of carbonyl (C=O) groups excluding carboxylic acids is 2. The summed E-state index contributed by atoms with van der Waals surface area (Å²) in [6, 6.07) is 11.2. The molecule has 1 unspecified atom stereocenters. The summed E-state index contributed by atoms with van der Waals surface area (Å²) in [5.74, 6) is 1.46. The van der Waals surface area contributed by atoms with Gasteiger partial charge < -0.3 is 25.3 Å². The SMILES string of the molecule is CCNC(=NCc1cccc(C(=O)NCc2ccco2)c1)NC1CCN(C(=O)CC)C1.I. The first-order valence-electron chi connectivity index (χ1n) is 10.8. The molecule has 0 radical (unpaired) electrons. The Labute approximate surface area is 206 Å². The number of nitrogens with zero attached hydrogens (tertiary/aromatic N) is 2. The van der Waals surface area contributed by atoms with E-state index in [9.17, 15) is 9.59 Å². The molecule has 1 aromatic heterocycles. The van der Waals surface area contributed by atoms with Crippen molar-refractivity contribution >= 4 is 41.8 Å². The van der Waals surface area contributed by atoms with Crippen LogP contribution in [0.2, 0.25) is 0 Å². The summed E-state index contributed by atoms with van der Waals surface area (Å²) in [5, 5.41) is 9.54. The molecule has 2 amide bonds. The zero-order chi connectivity index (χ0) is 22.1. The summed E-state index contributed by atoms with van der Waals surface area (Å²) in [7, 11) is 0. The number of guanidine groups is 1. The number of furan rings is 1. The Bertz CT molecular complexity index is 901. The highest BCUT2D eigenvalue weighted by Crippen LogP contribution is 2.11. The minimum absolute atomic E-state index is 0. The largest absolute Gasteiger partial charge is 0.467 e. The monoisotopic (exact) mass is 553 g/mol. The summed E-state index contributed by atoms with van der Waals surface area (Å²) in [4.78, 5) is 30.9. The molecule has 2 aromatic rings. The van der Waals surface area contributed by atoms with Gasteiger partial charge in [-0.2, -0.15) is 0 Å². The van der Waals surface area contributed by atoms with Crippen molar-refractivity contribution in [2.45, 2.75) is 45.8 Å². The maximum Gasteiger partial charge on any atom is 0.251 e. The van der Waals surface area contributed by atoms with E-state index in [-0.39, 0.29) is 41.8 Å². The van der Waals surface area contributed by atoms with Crippen molar-refractivity contribution in [3.8, 4) is 0 Å². The van der Waals surface area contributed by atoms with Crippen molar-refractivity contribution in [2.24, 2.45) is 4.99 Å². The van der Waals surface area contributed by atoms with E-state index in [1.54, 1.807) is 18.4 Å². The van der Waals surface area contributed by atoms with Crippen LogP contribution in [-0.2, 0) is 17.9 Å². The van der Waals surface area contributed by atoms with Gasteiger partial charge in [0.15, 0.2) is 5.96 Å². The molecule has 2 heterocycles. The average Bonchev–Trinajstić information content (AvgIpc) is 3.48. The van der Waals surface area contributed by atoms with Crippen LogP contribution in [0.3, 0.4) is 0 Å². The minimum atomic E-state index is -0.154. The number of hydrogen-bond acceptors (Lipinski definition) is 4. The highest BCUT2D eigenvalue weighted by Gasteiger charge is 2.25. The molecular weight excluding hydrogens is 521 g/mol. The maximum absolute atomic E-state index is 12.4. The molecule has 0 spiro atoms. The zero-order valence-electron chi connectivity index (χ0n) is 18.6. The van der Waals surface area contributed by atoms with E-state index < -0.39 is 0 Å². The third-order valence-electron chi connectivity index (χ3n) is 5.14. The van der Waals surface area contributed by atoms with Gasteiger partial charge in [-0.1, -0.05) is 19.1 Å². The van der Waals surface area contributed by atoms with Gasteiger partial charge in [0.25, 0.3) is 5.91 Å². The van der Waals surface area contributed by atoms with Crippen LogP contribution >= 0.6 is 24.0 Å². The molecule has 0 aliphatic carbocycles. The molecule has 1 aromatic carbocycles. The van der Waals surface area contributed by atoms with E-state index in [4.69, 9.17) is 4.42 Å². The molecule has 8 nitrogen and oxygen atoms in total. The van der Waals surface area contributed by atoms with Gasteiger partial charge in [0.2, 0.25) is 5.91 Å². The molecule has 1 atom stereocenters. The number of nitrogens with one attached hydrogen (secondary N) is 3. The van der Waals surface area contributed by atoms with E-state index in [0.717, 1.165) is 25.1 Å². The fraction of sp³-hybridized carbons (Fsp3) is 0.435. The number of hydrogen-bond donors (Lipinski definition) is 3. The highest BCUT2D eigenvalue weighted by molar-refractivity contribution is 14.0.